The summed E-state index contributed by atoms with van der Waals surface area (Å²) in [7, 11) is 1.73. The molecule has 0 bridgehead atoms. The van der Waals surface area contributed by atoms with Crippen LogP contribution >= 0.6 is 0 Å². The second kappa shape index (κ2) is 4.47. The largest absolute Gasteiger partial charge is 0.326 e. The lowest BCUT2D eigenvalue weighted by Gasteiger charge is -2.17. The third-order valence-corrected chi connectivity index (χ3v) is 1.99. The summed E-state index contributed by atoms with van der Waals surface area (Å²) < 4.78 is 1.54. The molecule has 4 nitrogen and oxygen atoms in total. The second-order valence-electron chi connectivity index (χ2n) is 2.86. The van der Waals surface area contributed by atoms with E-state index in [-0.39, 0.29) is 5.91 Å². The third-order valence-electron chi connectivity index (χ3n) is 1.99. The highest BCUT2D eigenvalue weighted by molar-refractivity contribution is 5.92. The Bertz CT molecular complexity index is 362. The summed E-state index contributed by atoms with van der Waals surface area (Å²) in [6.07, 6.45) is 6.76. The Labute approximate surface area is 83.5 Å². The van der Waals surface area contributed by atoms with Crippen molar-refractivity contribution >= 4 is 5.91 Å². The minimum Gasteiger partial charge on any atom is -0.326 e. The molecule has 0 saturated carbocycles. The number of hydrogen-bond donors (Lipinski definition) is 0. The molecule has 0 aliphatic rings. The molecule has 1 aromatic heterocycles. The Balaban J connectivity index is 2.84. The Hall–Kier alpha value is -1.76. The summed E-state index contributed by atoms with van der Waals surface area (Å²) in [5, 5.41) is 3.93. The summed E-state index contributed by atoms with van der Waals surface area (Å²) in [6, 6.07) is 1.68. The Morgan fingerprint density at radius 3 is 2.93 bits per heavy atom. The van der Waals surface area contributed by atoms with Crippen LogP contribution in [0.3, 0.4) is 0 Å². The van der Waals surface area contributed by atoms with Gasteiger partial charge in [-0.05, 0) is 13.0 Å². The van der Waals surface area contributed by atoms with E-state index in [1.807, 2.05) is 6.92 Å². The van der Waals surface area contributed by atoms with Gasteiger partial charge in [0, 0.05) is 19.8 Å². The number of rotatable bonds is 3. The van der Waals surface area contributed by atoms with Crippen LogP contribution in [0.1, 0.15) is 17.4 Å². The number of carbonyl (C=O) groups is 1. The summed E-state index contributed by atoms with van der Waals surface area (Å²) in [5.74, 6) is 2.38. The molecule has 0 aromatic carbocycles. The van der Waals surface area contributed by atoms with Crippen LogP contribution in [0.25, 0.3) is 0 Å². The van der Waals surface area contributed by atoms with E-state index in [0.29, 0.717) is 18.8 Å². The average Bonchev–Trinajstić information content (AvgIpc) is 2.59. The molecule has 4 heteroatoms. The van der Waals surface area contributed by atoms with Gasteiger partial charge in [-0.2, -0.15) is 5.10 Å². The summed E-state index contributed by atoms with van der Waals surface area (Å²) in [6.45, 7) is 2.83. The average molecular weight is 191 g/mol. The maximum Gasteiger partial charge on any atom is 0.272 e. The lowest BCUT2D eigenvalue weighted by Crippen LogP contribution is -2.32. The third kappa shape index (κ3) is 1.94. The van der Waals surface area contributed by atoms with E-state index in [0.717, 1.165) is 0 Å². The van der Waals surface area contributed by atoms with E-state index >= 15 is 0 Å². The molecular weight excluding hydrogens is 178 g/mol. The number of amides is 1. The van der Waals surface area contributed by atoms with Crippen LogP contribution in [-0.4, -0.2) is 33.7 Å². The summed E-state index contributed by atoms with van der Waals surface area (Å²) in [4.78, 5) is 13.4. The fourth-order valence-electron chi connectivity index (χ4n) is 1.18. The number of carbonyl (C=O) groups excluding carboxylic acids is 1. The first kappa shape index (κ1) is 10.3. The van der Waals surface area contributed by atoms with Crippen molar-refractivity contribution in [3.8, 4) is 12.3 Å². The molecule has 1 aromatic rings. The number of aryl methyl sites for hydroxylation is 1. The fourth-order valence-corrected chi connectivity index (χ4v) is 1.18. The highest BCUT2D eigenvalue weighted by atomic mass is 16.2. The smallest absolute Gasteiger partial charge is 0.272 e. The molecule has 74 valence electrons. The summed E-state index contributed by atoms with van der Waals surface area (Å²) in [5.41, 5.74) is 0.558. The molecule has 14 heavy (non-hydrogen) atoms. The van der Waals surface area contributed by atoms with Crippen molar-refractivity contribution in [2.45, 2.75) is 6.92 Å². The number of terminal acetylenes is 1. The standard InChI is InChI=1S/C10H13N3O/c1-4-8-13(5-2)10(14)9-6-7-11-12(9)3/h1,6-7H,5,8H2,2-3H3. The van der Waals surface area contributed by atoms with E-state index in [1.165, 1.54) is 0 Å². The van der Waals surface area contributed by atoms with Gasteiger partial charge in [-0.15, -0.1) is 6.42 Å². The van der Waals surface area contributed by atoms with Gasteiger partial charge < -0.3 is 4.90 Å². The Morgan fingerprint density at radius 1 is 1.79 bits per heavy atom. The van der Waals surface area contributed by atoms with Crippen LogP contribution in [0.4, 0.5) is 0 Å². The molecular formula is C10H13N3O. The lowest BCUT2D eigenvalue weighted by atomic mass is 10.3. The first-order chi connectivity index (χ1) is 6.70. The topological polar surface area (TPSA) is 38.1 Å². The zero-order chi connectivity index (χ0) is 10.6. The van der Waals surface area contributed by atoms with Crippen molar-refractivity contribution in [2.24, 2.45) is 7.05 Å². The molecule has 1 amide bonds. The molecule has 0 aliphatic carbocycles. The van der Waals surface area contributed by atoms with Crippen molar-refractivity contribution in [3.63, 3.8) is 0 Å². The SMILES string of the molecule is C#CCN(CC)C(=O)c1ccnn1C. The van der Waals surface area contributed by atoms with Crippen molar-refractivity contribution in [2.75, 3.05) is 13.1 Å². The van der Waals surface area contributed by atoms with Gasteiger partial charge in [0.25, 0.3) is 5.91 Å². The molecule has 0 unspecified atom stereocenters. The second-order valence-corrected chi connectivity index (χ2v) is 2.86. The van der Waals surface area contributed by atoms with Gasteiger partial charge in [0.15, 0.2) is 0 Å². The first-order valence-electron chi connectivity index (χ1n) is 4.41. The van der Waals surface area contributed by atoms with Crippen molar-refractivity contribution in [3.05, 3.63) is 18.0 Å². The zero-order valence-corrected chi connectivity index (χ0v) is 8.40. The number of nitrogens with zero attached hydrogens (tertiary/aromatic N) is 3. The maximum atomic E-state index is 11.8. The fraction of sp³-hybridized carbons (Fsp3) is 0.400. The van der Waals surface area contributed by atoms with E-state index in [2.05, 4.69) is 11.0 Å². The maximum absolute atomic E-state index is 11.8. The molecule has 1 rings (SSSR count). The van der Waals surface area contributed by atoms with E-state index in [1.54, 1.807) is 28.9 Å². The monoisotopic (exact) mass is 191 g/mol. The predicted octanol–water partition coefficient (Wildman–Crippen LogP) is 0.515. The van der Waals surface area contributed by atoms with Crippen molar-refractivity contribution < 1.29 is 4.79 Å². The van der Waals surface area contributed by atoms with E-state index < -0.39 is 0 Å². The number of aromatic nitrogens is 2. The van der Waals surface area contributed by atoms with Gasteiger partial charge in [0.1, 0.15) is 5.69 Å². The van der Waals surface area contributed by atoms with Crippen LogP contribution in [0.5, 0.6) is 0 Å². The highest BCUT2D eigenvalue weighted by Crippen LogP contribution is 2.02. The van der Waals surface area contributed by atoms with Crippen molar-refractivity contribution in [1.29, 1.82) is 0 Å². The minimum atomic E-state index is -0.0783. The van der Waals surface area contributed by atoms with Gasteiger partial charge in [-0.1, -0.05) is 5.92 Å². The van der Waals surface area contributed by atoms with Crippen LogP contribution in [0.2, 0.25) is 0 Å². The molecule has 0 saturated heterocycles. The van der Waals surface area contributed by atoms with Crippen molar-refractivity contribution in [1.82, 2.24) is 14.7 Å². The van der Waals surface area contributed by atoms with Crippen LogP contribution in [-0.2, 0) is 7.05 Å². The van der Waals surface area contributed by atoms with Gasteiger partial charge in [-0.3, -0.25) is 9.48 Å². The van der Waals surface area contributed by atoms with Gasteiger partial charge >= 0.3 is 0 Å². The molecule has 0 radical (unpaired) electrons. The molecule has 0 aliphatic heterocycles. The zero-order valence-electron chi connectivity index (χ0n) is 8.40. The predicted molar refractivity (Wildman–Crippen MR) is 53.6 cm³/mol. The summed E-state index contributed by atoms with van der Waals surface area (Å²) >= 11 is 0. The highest BCUT2D eigenvalue weighted by Gasteiger charge is 2.15. The quantitative estimate of drug-likeness (QED) is 0.653. The molecule has 0 spiro atoms. The molecule has 0 N–H and O–H groups in total. The van der Waals surface area contributed by atoms with Crippen LogP contribution in [0.15, 0.2) is 12.3 Å². The van der Waals surface area contributed by atoms with Crippen LogP contribution < -0.4 is 0 Å². The Kier molecular flexibility index (Phi) is 3.29. The van der Waals surface area contributed by atoms with E-state index in [4.69, 9.17) is 6.42 Å². The molecule has 0 fully saturated rings. The van der Waals surface area contributed by atoms with E-state index in [9.17, 15) is 4.79 Å². The lowest BCUT2D eigenvalue weighted by molar-refractivity contribution is 0.0774. The number of hydrogen-bond acceptors (Lipinski definition) is 2. The van der Waals surface area contributed by atoms with Gasteiger partial charge in [0.2, 0.25) is 0 Å². The minimum absolute atomic E-state index is 0.0783. The van der Waals surface area contributed by atoms with Crippen LogP contribution in [0, 0.1) is 12.3 Å². The molecule has 0 atom stereocenters. The normalized spacial score (nSPS) is 9.50. The van der Waals surface area contributed by atoms with Gasteiger partial charge in [-0.25, -0.2) is 0 Å². The molecule has 1 heterocycles. The van der Waals surface area contributed by atoms with Gasteiger partial charge in [0.05, 0.1) is 6.54 Å². The Morgan fingerprint density at radius 2 is 2.50 bits per heavy atom. The first-order valence-corrected chi connectivity index (χ1v) is 4.41.